The summed E-state index contributed by atoms with van der Waals surface area (Å²) >= 11 is 0. The first-order valence-corrected chi connectivity index (χ1v) is 12.8. The van der Waals surface area contributed by atoms with Crippen LogP contribution in [0.1, 0.15) is 37.4 Å². The molecule has 9 heteroatoms. The second kappa shape index (κ2) is 11.3. The molecule has 0 radical (unpaired) electrons. The summed E-state index contributed by atoms with van der Waals surface area (Å²) in [6, 6.07) is 15.3. The SMILES string of the molecule is COP(=O)(C=Cc1c(-c2ccc(F)cc2)nc(-c2ccccc2)nc1C(C)C)CC(=O)CC(=O)O. The molecule has 35 heavy (non-hydrogen) atoms. The molecule has 1 atom stereocenters. The van der Waals surface area contributed by atoms with E-state index in [-0.39, 0.29) is 5.92 Å². The monoisotopic (exact) mass is 496 g/mol. The van der Waals surface area contributed by atoms with E-state index in [9.17, 15) is 18.5 Å². The predicted octanol–water partition coefficient (Wildman–Crippen LogP) is 6.01. The van der Waals surface area contributed by atoms with Crippen molar-refractivity contribution in [1.82, 2.24) is 9.97 Å². The van der Waals surface area contributed by atoms with Crippen molar-refractivity contribution >= 4 is 25.2 Å². The van der Waals surface area contributed by atoms with Gasteiger partial charge in [-0.1, -0.05) is 44.2 Å². The molecule has 0 fully saturated rings. The van der Waals surface area contributed by atoms with Crippen LogP contribution in [-0.4, -0.2) is 40.1 Å². The number of carboxylic acids is 1. The molecule has 0 amide bonds. The minimum atomic E-state index is -3.63. The van der Waals surface area contributed by atoms with Crippen LogP contribution >= 0.6 is 7.37 Å². The van der Waals surface area contributed by atoms with Crippen molar-refractivity contribution in [2.45, 2.75) is 26.2 Å². The van der Waals surface area contributed by atoms with E-state index in [1.807, 2.05) is 44.2 Å². The summed E-state index contributed by atoms with van der Waals surface area (Å²) in [5.74, 6) is -0.689. The van der Waals surface area contributed by atoms with Crippen LogP contribution in [0.25, 0.3) is 28.7 Å². The Morgan fingerprint density at radius 1 is 1.06 bits per heavy atom. The molecule has 0 bridgehead atoms. The third kappa shape index (κ3) is 6.78. The van der Waals surface area contributed by atoms with Gasteiger partial charge in [-0.15, -0.1) is 0 Å². The highest BCUT2D eigenvalue weighted by atomic mass is 31.2. The number of Topliss-reactive ketones (excluding diaryl/α,β-unsaturated/α-hetero) is 1. The lowest BCUT2D eigenvalue weighted by Crippen LogP contribution is -2.11. The molecule has 182 valence electrons. The average Bonchev–Trinajstić information content (AvgIpc) is 2.82. The maximum atomic E-state index is 13.6. The molecule has 0 aliphatic rings. The number of aliphatic carboxylic acids is 1. The van der Waals surface area contributed by atoms with Gasteiger partial charge in [-0.2, -0.15) is 0 Å². The maximum absolute atomic E-state index is 13.6. The van der Waals surface area contributed by atoms with Gasteiger partial charge in [0.1, 0.15) is 12.2 Å². The van der Waals surface area contributed by atoms with Crippen LogP contribution in [0, 0.1) is 5.82 Å². The zero-order chi connectivity index (χ0) is 25.6. The van der Waals surface area contributed by atoms with Crippen LogP contribution in [0.4, 0.5) is 4.39 Å². The summed E-state index contributed by atoms with van der Waals surface area (Å²) in [7, 11) is -2.42. The minimum absolute atomic E-state index is 0.0603. The van der Waals surface area contributed by atoms with E-state index in [0.29, 0.717) is 28.3 Å². The van der Waals surface area contributed by atoms with Crippen LogP contribution in [0.2, 0.25) is 0 Å². The first-order valence-electron chi connectivity index (χ1n) is 10.9. The molecule has 1 N–H and O–H groups in total. The summed E-state index contributed by atoms with van der Waals surface area (Å²) in [5.41, 5.74) is 3.14. The third-order valence-electron chi connectivity index (χ3n) is 5.19. The van der Waals surface area contributed by atoms with E-state index in [2.05, 4.69) is 0 Å². The molecule has 0 spiro atoms. The van der Waals surface area contributed by atoms with Crippen molar-refractivity contribution in [3.05, 3.63) is 77.5 Å². The first-order chi connectivity index (χ1) is 16.6. The Morgan fingerprint density at radius 2 is 1.71 bits per heavy atom. The van der Waals surface area contributed by atoms with Crippen LogP contribution < -0.4 is 0 Å². The van der Waals surface area contributed by atoms with Crippen molar-refractivity contribution in [2.24, 2.45) is 0 Å². The molecular formula is C26H26FN2O5P. The molecule has 0 aliphatic carbocycles. The van der Waals surface area contributed by atoms with Gasteiger partial charge in [-0.3, -0.25) is 14.2 Å². The Bertz CT molecular complexity index is 1290. The van der Waals surface area contributed by atoms with E-state index in [4.69, 9.17) is 19.6 Å². The lowest BCUT2D eigenvalue weighted by Gasteiger charge is -2.17. The number of carboxylic acid groups (broad SMARTS) is 1. The van der Waals surface area contributed by atoms with Gasteiger partial charge in [-0.25, -0.2) is 14.4 Å². The fourth-order valence-electron chi connectivity index (χ4n) is 3.47. The molecule has 2 aromatic carbocycles. The van der Waals surface area contributed by atoms with Crippen molar-refractivity contribution in [3.8, 4) is 22.6 Å². The number of nitrogens with zero attached hydrogens (tertiary/aromatic N) is 2. The van der Waals surface area contributed by atoms with Gasteiger partial charge >= 0.3 is 5.97 Å². The molecule has 7 nitrogen and oxygen atoms in total. The average molecular weight is 496 g/mol. The van der Waals surface area contributed by atoms with Crippen molar-refractivity contribution in [2.75, 3.05) is 13.3 Å². The summed E-state index contributed by atoms with van der Waals surface area (Å²) < 4.78 is 32.0. The van der Waals surface area contributed by atoms with Gasteiger partial charge in [0.25, 0.3) is 0 Å². The number of hydrogen-bond acceptors (Lipinski definition) is 6. The number of ketones is 1. The van der Waals surface area contributed by atoms with Crippen molar-refractivity contribution in [1.29, 1.82) is 0 Å². The summed E-state index contributed by atoms with van der Waals surface area (Å²) in [6.07, 6.45) is 0.257. The number of carbonyl (C=O) groups excluding carboxylic acids is 1. The van der Waals surface area contributed by atoms with E-state index < -0.39 is 37.5 Å². The minimum Gasteiger partial charge on any atom is -0.481 e. The fraction of sp³-hybridized carbons (Fsp3) is 0.231. The van der Waals surface area contributed by atoms with E-state index in [1.165, 1.54) is 25.1 Å². The second-order valence-corrected chi connectivity index (χ2v) is 10.6. The number of aromatic nitrogens is 2. The normalized spacial score (nSPS) is 13.2. The Balaban J connectivity index is 2.18. The smallest absolute Gasteiger partial charge is 0.310 e. The Kier molecular flexibility index (Phi) is 8.43. The lowest BCUT2D eigenvalue weighted by atomic mass is 9.98. The number of rotatable bonds is 10. The van der Waals surface area contributed by atoms with Gasteiger partial charge in [0.15, 0.2) is 11.6 Å². The molecule has 0 saturated heterocycles. The van der Waals surface area contributed by atoms with Gasteiger partial charge in [-0.05, 0) is 36.3 Å². The highest BCUT2D eigenvalue weighted by Gasteiger charge is 2.25. The zero-order valence-electron chi connectivity index (χ0n) is 19.6. The standard InChI is InChI=1S/C26H26FN2O5P/c1-17(2)24-22(13-14-35(33,34-3)16-21(30)15-23(31)32)25(18-9-11-20(27)12-10-18)29-26(28-24)19-7-5-4-6-8-19/h4-14,17H,15-16H2,1-3H3,(H,31,32). The predicted molar refractivity (Wildman–Crippen MR) is 133 cm³/mol. The second-order valence-electron chi connectivity index (χ2n) is 8.21. The number of benzene rings is 2. The van der Waals surface area contributed by atoms with Crippen LogP contribution in [0.5, 0.6) is 0 Å². The molecule has 0 aliphatic heterocycles. The first kappa shape index (κ1) is 26.1. The zero-order valence-corrected chi connectivity index (χ0v) is 20.5. The molecular weight excluding hydrogens is 470 g/mol. The van der Waals surface area contributed by atoms with Gasteiger partial charge in [0, 0.05) is 29.6 Å². The lowest BCUT2D eigenvalue weighted by molar-refractivity contribution is -0.139. The van der Waals surface area contributed by atoms with Crippen molar-refractivity contribution < 1.29 is 28.2 Å². The van der Waals surface area contributed by atoms with Crippen molar-refractivity contribution in [3.63, 3.8) is 0 Å². The Hall–Kier alpha value is -3.48. The van der Waals surface area contributed by atoms with Crippen LogP contribution in [0.3, 0.4) is 0 Å². The molecule has 3 rings (SSSR count). The van der Waals surface area contributed by atoms with E-state index in [1.54, 1.807) is 18.2 Å². The van der Waals surface area contributed by atoms with Crippen LogP contribution in [0.15, 0.2) is 60.4 Å². The van der Waals surface area contributed by atoms with Crippen LogP contribution in [-0.2, 0) is 18.7 Å². The quantitative estimate of drug-likeness (QED) is 0.270. The third-order valence-corrected chi connectivity index (χ3v) is 7.21. The van der Waals surface area contributed by atoms with Gasteiger partial charge in [0.05, 0.1) is 17.5 Å². The molecule has 3 aromatic rings. The number of carbonyl (C=O) groups is 2. The summed E-state index contributed by atoms with van der Waals surface area (Å²) in [4.78, 5) is 32.4. The molecule has 1 heterocycles. The molecule has 0 saturated carbocycles. The molecule has 1 aromatic heterocycles. The number of hydrogen-bond donors (Lipinski definition) is 1. The Labute approximate surface area is 203 Å². The maximum Gasteiger partial charge on any atom is 0.310 e. The topological polar surface area (TPSA) is 106 Å². The fourth-order valence-corrected chi connectivity index (χ4v) is 4.81. The largest absolute Gasteiger partial charge is 0.481 e. The summed E-state index contributed by atoms with van der Waals surface area (Å²) in [5, 5.41) is 8.85. The van der Waals surface area contributed by atoms with E-state index >= 15 is 0 Å². The van der Waals surface area contributed by atoms with Gasteiger partial charge in [0.2, 0.25) is 7.37 Å². The highest BCUT2D eigenvalue weighted by Crippen LogP contribution is 2.49. The Morgan fingerprint density at radius 3 is 2.29 bits per heavy atom. The van der Waals surface area contributed by atoms with Gasteiger partial charge < -0.3 is 9.63 Å². The summed E-state index contributed by atoms with van der Waals surface area (Å²) in [6.45, 7) is 3.91. The molecule has 1 unspecified atom stereocenters. The number of halogens is 1. The van der Waals surface area contributed by atoms with E-state index in [0.717, 1.165) is 5.56 Å². The highest BCUT2D eigenvalue weighted by molar-refractivity contribution is 7.63.